The molecule has 0 amide bonds. The van der Waals surface area contributed by atoms with Gasteiger partial charge in [-0.3, -0.25) is 9.69 Å². The summed E-state index contributed by atoms with van der Waals surface area (Å²) in [6, 6.07) is 3.51. The summed E-state index contributed by atoms with van der Waals surface area (Å²) in [4.78, 5) is 19.2. The number of aromatic nitrogens is 4. The van der Waals surface area contributed by atoms with E-state index in [0.29, 0.717) is 12.5 Å². The zero-order chi connectivity index (χ0) is 18.3. The lowest BCUT2D eigenvalue weighted by Gasteiger charge is -2.39. The van der Waals surface area contributed by atoms with E-state index in [1.165, 1.54) is 24.4 Å². The lowest BCUT2D eigenvalue weighted by Crippen LogP contribution is -2.49. The van der Waals surface area contributed by atoms with Gasteiger partial charge in [0.2, 0.25) is 0 Å². The molecule has 0 N–H and O–H groups in total. The van der Waals surface area contributed by atoms with E-state index in [2.05, 4.69) is 40.3 Å². The molecule has 2 aromatic rings. The molecule has 2 aliphatic rings. The summed E-state index contributed by atoms with van der Waals surface area (Å²) in [6.07, 6.45) is 5.76. The number of fused-ring (bicyclic) bond motifs is 1. The third-order valence-corrected chi connectivity index (χ3v) is 5.55. The lowest BCUT2D eigenvalue weighted by atomic mass is 9.92. The second-order valence-corrected chi connectivity index (χ2v) is 8.82. The average molecular weight is 355 g/mol. The first-order chi connectivity index (χ1) is 12.4. The van der Waals surface area contributed by atoms with Crippen LogP contribution in [-0.2, 0) is 31.5 Å². The fraction of sp³-hybridized carbons (Fsp3) is 0.650. The van der Waals surface area contributed by atoms with E-state index in [-0.39, 0.29) is 11.0 Å². The molecule has 0 spiro atoms. The minimum atomic E-state index is -0.0408. The summed E-state index contributed by atoms with van der Waals surface area (Å²) in [6.45, 7) is 11.1. The van der Waals surface area contributed by atoms with Crippen LogP contribution in [0.4, 0.5) is 0 Å². The van der Waals surface area contributed by atoms with Gasteiger partial charge in [-0.15, -0.1) is 0 Å². The van der Waals surface area contributed by atoms with Crippen LogP contribution in [0.25, 0.3) is 0 Å². The predicted octanol–water partition coefficient (Wildman–Crippen LogP) is 2.21. The highest BCUT2D eigenvalue weighted by Crippen LogP contribution is 2.23. The molecular formula is C20H29N5O. The quantitative estimate of drug-likeness (QED) is 0.844. The van der Waals surface area contributed by atoms with Crippen LogP contribution >= 0.6 is 0 Å². The van der Waals surface area contributed by atoms with Crippen LogP contribution < -0.4 is 5.56 Å². The topological polar surface area (TPSA) is 56.0 Å². The van der Waals surface area contributed by atoms with E-state index in [9.17, 15) is 4.79 Å². The van der Waals surface area contributed by atoms with Crippen molar-refractivity contribution in [1.82, 2.24) is 24.2 Å². The van der Waals surface area contributed by atoms with Crippen molar-refractivity contribution < 1.29 is 0 Å². The second-order valence-electron chi connectivity index (χ2n) is 8.82. The van der Waals surface area contributed by atoms with E-state index >= 15 is 0 Å². The number of aryl methyl sites for hydroxylation is 1. The molecule has 2 aliphatic heterocycles. The molecule has 2 aromatic heterocycles. The highest BCUT2D eigenvalue weighted by atomic mass is 16.1. The van der Waals surface area contributed by atoms with Crippen molar-refractivity contribution in [2.75, 3.05) is 13.1 Å². The first kappa shape index (κ1) is 17.5. The van der Waals surface area contributed by atoms with E-state index in [1.807, 2.05) is 12.3 Å². The molecule has 0 atom stereocenters. The van der Waals surface area contributed by atoms with E-state index in [1.54, 1.807) is 10.7 Å². The largest absolute Gasteiger partial charge is 0.331 e. The summed E-state index contributed by atoms with van der Waals surface area (Å²) in [5.41, 5.74) is 2.31. The summed E-state index contributed by atoms with van der Waals surface area (Å²) < 4.78 is 4.05. The Hall–Kier alpha value is -1.95. The minimum absolute atomic E-state index is 0.00113. The maximum atomic E-state index is 12.1. The van der Waals surface area contributed by atoms with Crippen LogP contribution in [0.2, 0.25) is 0 Å². The zero-order valence-electron chi connectivity index (χ0n) is 16.1. The third kappa shape index (κ3) is 3.47. The Morgan fingerprint density at radius 2 is 2.00 bits per heavy atom. The van der Waals surface area contributed by atoms with Gasteiger partial charge >= 0.3 is 0 Å². The second kappa shape index (κ2) is 6.65. The summed E-state index contributed by atoms with van der Waals surface area (Å²) >= 11 is 0. The molecule has 0 saturated carbocycles. The monoisotopic (exact) mass is 355 g/mol. The molecule has 1 saturated heterocycles. The lowest BCUT2D eigenvalue weighted by molar-refractivity contribution is 0.0723. The molecule has 6 nitrogen and oxygen atoms in total. The fourth-order valence-electron chi connectivity index (χ4n) is 3.97. The first-order valence-electron chi connectivity index (χ1n) is 9.74. The Kier molecular flexibility index (Phi) is 4.47. The maximum Gasteiger partial charge on any atom is 0.266 e. The van der Waals surface area contributed by atoms with Gasteiger partial charge in [-0.1, -0.05) is 20.8 Å². The maximum absolute atomic E-state index is 12.1. The van der Waals surface area contributed by atoms with Gasteiger partial charge in [0.15, 0.2) is 0 Å². The molecule has 4 rings (SSSR count). The van der Waals surface area contributed by atoms with E-state index < -0.39 is 0 Å². The van der Waals surface area contributed by atoms with Crippen LogP contribution in [-0.4, -0.2) is 37.3 Å². The standard InChI is InChI=1S/C20H29N5O/c1-20(2,3)17-7-8-19(26)25(22-17)13-15-11-23(12-15)14-18-21-10-16-6-4-5-9-24(16)18/h7-8,10,15H,4-6,9,11-14H2,1-3H3. The van der Waals surface area contributed by atoms with Crippen molar-refractivity contribution in [3.8, 4) is 0 Å². The van der Waals surface area contributed by atoms with Gasteiger partial charge < -0.3 is 4.57 Å². The molecule has 6 heteroatoms. The molecule has 0 aromatic carbocycles. The highest BCUT2D eigenvalue weighted by Gasteiger charge is 2.29. The summed E-state index contributed by atoms with van der Waals surface area (Å²) in [5.74, 6) is 1.69. The van der Waals surface area contributed by atoms with Gasteiger partial charge in [0.25, 0.3) is 5.56 Å². The van der Waals surface area contributed by atoms with Crippen molar-refractivity contribution in [1.29, 1.82) is 0 Å². The molecule has 0 unspecified atom stereocenters. The molecule has 4 heterocycles. The first-order valence-corrected chi connectivity index (χ1v) is 9.74. The van der Waals surface area contributed by atoms with Gasteiger partial charge in [0, 0.05) is 48.9 Å². The molecule has 26 heavy (non-hydrogen) atoms. The van der Waals surface area contributed by atoms with Crippen LogP contribution in [0.1, 0.15) is 50.8 Å². The highest BCUT2D eigenvalue weighted by molar-refractivity contribution is 5.11. The molecular weight excluding hydrogens is 326 g/mol. The number of imidazole rings is 1. The fourth-order valence-corrected chi connectivity index (χ4v) is 3.97. The Bertz CT molecular complexity index is 839. The zero-order valence-corrected chi connectivity index (χ0v) is 16.1. The number of rotatable bonds is 4. The van der Waals surface area contributed by atoms with Crippen LogP contribution in [0.15, 0.2) is 23.1 Å². The molecule has 140 valence electrons. The Labute approximate surface area is 154 Å². The molecule has 0 bridgehead atoms. The van der Waals surface area contributed by atoms with Gasteiger partial charge in [0.1, 0.15) is 5.82 Å². The number of hydrogen-bond donors (Lipinski definition) is 0. The molecule has 1 fully saturated rings. The van der Waals surface area contributed by atoms with Crippen molar-refractivity contribution in [2.24, 2.45) is 5.92 Å². The minimum Gasteiger partial charge on any atom is -0.331 e. The Balaban J connectivity index is 1.36. The SMILES string of the molecule is CC(C)(C)c1ccc(=O)n(CC2CN(Cc3ncc4n3CCCC4)C2)n1. The third-order valence-electron chi connectivity index (χ3n) is 5.55. The summed E-state index contributed by atoms with van der Waals surface area (Å²) in [7, 11) is 0. The Morgan fingerprint density at radius 3 is 2.77 bits per heavy atom. The van der Waals surface area contributed by atoms with Crippen molar-refractivity contribution in [3.63, 3.8) is 0 Å². The average Bonchev–Trinajstić information content (AvgIpc) is 2.96. The molecule has 0 radical (unpaired) electrons. The summed E-state index contributed by atoms with van der Waals surface area (Å²) in [5, 5.41) is 4.59. The number of nitrogens with zero attached hydrogens (tertiary/aromatic N) is 5. The van der Waals surface area contributed by atoms with Crippen LogP contribution in [0.5, 0.6) is 0 Å². The molecule has 0 aliphatic carbocycles. The van der Waals surface area contributed by atoms with Crippen molar-refractivity contribution in [2.45, 2.75) is 65.1 Å². The van der Waals surface area contributed by atoms with E-state index in [0.717, 1.165) is 38.3 Å². The van der Waals surface area contributed by atoms with Crippen molar-refractivity contribution >= 4 is 0 Å². The van der Waals surface area contributed by atoms with Gasteiger partial charge in [0.05, 0.1) is 18.8 Å². The van der Waals surface area contributed by atoms with Crippen molar-refractivity contribution in [3.05, 3.63) is 45.9 Å². The number of hydrogen-bond acceptors (Lipinski definition) is 4. The van der Waals surface area contributed by atoms with Crippen LogP contribution in [0.3, 0.4) is 0 Å². The van der Waals surface area contributed by atoms with E-state index in [4.69, 9.17) is 0 Å². The van der Waals surface area contributed by atoms with Gasteiger partial charge in [-0.25, -0.2) is 9.67 Å². The van der Waals surface area contributed by atoms with Gasteiger partial charge in [-0.05, 0) is 25.3 Å². The normalized spacial score (nSPS) is 18.6. The Morgan fingerprint density at radius 1 is 1.19 bits per heavy atom. The smallest absolute Gasteiger partial charge is 0.266 e. The number of likely N-dealkylation sites (tertiary alicyclic amines) is 1. The predicted molar refractivity (Wildman–Crippen MR) is 101 cm³/mol. The van der Waals surface area contributed by atoms with Gasteiger partial charge in [-0.2, -0.15) is 5.10 Å². The van der Waals surface area contributed by atoms with Crippen LogP contribution in [0, 0.1) is 5.92 Å².